The summed E-state index contributed by atoms with van der Waals surface area (Å²) in [7, 11) is 0. The first-order valence-electron chi connectivity index (χ1n) is 7.62. The third-order valence-corrected chi connectivity index (χ3v) is 3.55. The number of halogens is 1. The van der Waals surface area contributed by atoms with Crippen LogP contribution in [0, 0.1) is 10.1 Å². The molecular weight excluding hydrogens is 378 g/mol. The van der Waals surface area contributed by atoms with Crippen molar-refractivity contribution in [2.75, 3.05) is 6.61 Å². The van der Waals surface area contributed by atoms with E-state index >= 15 is 0 Å². The molecule has 0 saturated heterocycles. The average Bonchev–Trinajstić information content (AvgIpc) is 3.14. The van der Waals surface area contributed by atoms with Gasteiger partial charge in [0.05, 0.1) is 4.92 Å². The number of nitro benzene ring substituents is 1. The van der Waals surface area contributed by atoms with E-state index in [-0.39, 0.29) is 30.6 Å². The average molecular weight is 390 g/mol. The van der Waals surface area contributed by atoms with Crippen molar-refractivity contribution in [3.05, 3.63) is 69.6 Å². The van der Waals surface area contributed by atoms with Gasteiger partial charge in [-0.15, -0.1) is 0 Å². The number of carbonyl (C=O) groups excluding carboxylic acids is 1. The molecule has 0 N–H and O–H groups in total. The van der Waals surface area contributed by atoms with Crippen molar-refractivity contribution in [3.63, 3.8) is 0 Å². The maximum absolute atomic E-state index is 11.7. The lowest BCUT2D eigenvalue weighted by atomic mass is 10.2. The molecule has 0 aliphatic heterocycles. The lowest BCUT2D eigenvalue weighted by molar-refractivity contribution is -0.384. The van der Waals surface area contributed by atoms with Crippen molar-refractivity contribution >= 4 is 23.3 Å². The summed E-state index contributed by atoms with van der Waals surface area (Å²) in [4.78, 5) is 25.9. The Kier molecular flexibility index (Phi) is 5.62. The smallest absolute Gasteiger partial charge is 0.344 e. The zero-order valence-corrected chi connectivity index (χ0v) is 14.5. The molecule has 27 heavy (non-hydrogen) atoms. The molecule has 138 valence electrons. The Labute approximate surface area is 157 Å². The molecular formula is C17H12ClN3O6. The van der Waals surface area contributed by atoms with Gasteiger partial charge in [0, 0.05) is 22.7 Å². The van der Waals surface area contributed by atoms with Crippen LogP contribution >= 0.6 is 11.6 Å². The fourth-order valence-corrected chi connectivity index (χ4v) is 2.23. The van der Waals surface area contributed by atoms with Crippen LogP contribution in [-0.4, -0.2) is 27.6 Å². The summed E-state index contributed by atoms with van der Waals surface area (Å²) in [6.45, 7) is -0.526. The number of hydrogen-bond acceptors (Lipinski definition) is 8. The normalized spacial score (nSPS) is 10.4. The minimum Gasteiger partial charge on any atom is -0.482 e. The van der Waals surface area contributed by atoms with E-state index in [2.05, 4.69) is 10.1 Å². The molecule has 2 aromatic carbocycles. The Morgan fingerprint density at radius 1 is 1.22 bits per heavy atom. The van der Waals surface area contributed by atoms with E-state index in [1.807, 2.05) is 0 Å². The molecule has 0 atom stereocenters. The summed E-state index contributed by atoms with van der Waals surface area (Å²) in [6.07, 6.45) is 0. The summed E-state index contributed by atoms with van der Waals surface area (Å²) in [5.74, 6) is 0.133. The third kappa shape index (κ3) is 5.02. The molecule has 3 aromatic rings. The summed E-state index contributed by atoms with van der Waals surface area (Å²) >= 11 is 5.82. The maximum Gasteiger partial charge on any atom is 0.344 e. The van der Waals surface area contributed by atoms with Crippen LogP contribution in [0.3, 0.4) is 0 Å². The number of rotatable bonds is 7. The van der Waals surface area contributed by atoms with Gasteiger partial charge < -0.3 is 14.0 Å². The zero-order valence-electron chi connectivity index (χ0n) is 13.7. The monoisotopic (exact) mass is 389 g/mol. The van der Waals surface area contributed by atoms with Crippen molar-refractivity contribution in [1.29, 1.82) is 0 Å². The first-order chi connectivity index (χ1) is 13.0. The number of carbonyl (C=O) groups is 1. The maximum atomic E-state index is 11.7. The minimum atomic E-state index is -0.620. The molecule has 1 heterocycles. The quantitative estimate of drug-likeness (QED) is 0.342. The first-order valence-corrected chi connectivity index (χ1v) is 8.00. The van der Waals surface area contributed by atoms with Crippen LogP contribution < -0.4 is 4.74 Å². The molecule has 3 rings (SSSR count). The van der Waals surface area contributed by atoms with Crippen LogP contribution in [0.25, 0.3) is 11.4 Å². The molecule has 0 radical (unpaired) electrons. The highest BCUT2D eigenvalue weighted by Gasteiger charge is 2.13. The minimum absolute atomic E-state index is 0.0453. The summed E-state index contributed by atoms with van der Waals surface area (Å²) < 4.78 is 15.3. The molecule has 0 unspecified atom stereocenters. The van der Waals surface area contributed by atoms with Gasteiger partial charge in [-0.25, -0.2) is 4.79 Å². The molecule has 0 aliphatic carbocycles. The van der Waals surface area contributed by atoms with Crippen molar-refractivity contribution in [1.82, 2.24) is 10.1 Å². The summed E-state index contributed by atoms with van der Waals surface area (Å²) in [5, 5.41) is 14.9. The van der Waals surface area contributed by atoms with Gasteiger partial charge in [-0.05, 0) is 30.3 Å². The number of hydrogen-bond donors (Lipinski definition) is 0. The number of aromatic nitrogens is 2. The predicted octanol–water partition coefficient (Wildman–Crippen LogP) is 3.42. The Morgan fingerprint density at radius 2 is 2.00 bits per heavy atom. The van der Waals surface area contributed by atoms with E-state index in [1.54, 1.807) is 24.3 Å². The third-order valence-electron chi connectivity index (χ3n) is 3.31. The van der Waals surface area contributed by atoms with Gasteiger partial charge >= 0.3 is 5.97 Å². The van der Waals surface area contributed by atoms with Crippen LogP contribution in [0.5, 0.6) is 5.75 Å². The fourth-order valence-electron chi connectivity index (χ4n) is 2.05. The number of non-ortho nitro benzene ring substituents is 1. The second-order valence-electron chi connectivity index (χ2n) is 5.22. The van der Waals surface area contributed by atoms with E-state index in [1.165, 1.54) is 24.3 Å². The Balaban J connectivity index is 1.51. The highest BCUT2D eigenvalue weighted by molar-refractivity contribution is 6.30. The first kappa shape index (κ1) is 18.3. The van der Waals surface area contributed by atoms with Crippen molar-refractivity contribution in [3.8, 4) is 17.1 Å². The predicted molar refractivity (Wildman–Crippen MR) is 93.1 cm³/mol. The second-order valence-corrected chi connectivity index (χ2v) is 5.66. The molecule has 0 amide bonds. The Morgan fingerprint density at radius 3 is 2.70 bits per heavy atom. The molecule has 0 bridgehead atoms. The van der Waals surface area contributed by atoms with Gasteiger partial charge in [0.25, 0.3) is 11.6 Å². The van der Waals surface area contributed by atoms with E-state index in [4.69, 9.17) is 25.6 Å². The summed E-state index contributed by atoms with van der Waals surface area (Å²) in [6, 6.07) is 12.3. The molecule has 0 aliphatic rings. The van der Waals surface area contributed by atoms with Crippen LogP contribution in [0.1, 0.15) is 5.89 Å². The molecule has 1 aromatic heterocycles. The van der Waals surface area contributed by atoms with Gasteiger partial charge in [-0.2, -0.15) is 4.98 Å². The lowest BCUT2D eigenvalue weighted by Crippen LogP contribution is -2.14. The SMILES string of the molecule is O=C(COc1cccc(Cl)c1)OCc1nc(-c2ccc([N+](=O)[O-])cc2)no1. The van der Waals surface area contributed by atoms with Gasteiger partial charge in [0.2, 0.25) is 5.82 Å². The molecule has 0 saturated carbocycles. The van der Waals surface area contributed by atoms with Crippen LogP contribution in [0.4, 0.5) is 5.69 Å². The highest BCUT2D eigenvalue weighted by Crippen LogP contribution is 2.20. The second kappa shape index (κ2) is 8.28. The van der Waals surface area contributed by atoms with Gasteiger partial charge in [0.1, 0.15) is 5.75 Å². The largest absolute Gasteiger partial charge is 0.482 e. The van der Waals surface area contributed by atoms with Crippen molar-refractivity contribution in [2.24, 2.45) is 0 Å². The van der Waals surface area contributed by atoms with Crippen molar-refractivity contribution in [2.45, 2.75) is 6.61 Å². The molecule has 9 nitrogen and oxygen atoms in total. The highest BCUT2D eigenvalue weighted by atomic mass is 35.5. The Hall–Kier alpha value is -3.46. The topological polar surface area (TPSA) is 118 Å². The van der Waals surface area contributed by atoms with Crippen LogP contribution in [0.2, 0.25) is 5.02 Å². The Bertz CT molecular complexity index is 957. The van der Waals surface area contributed by atoms with E-state index in [0.717, 1.165) is 0 Å². The standard InChI is InChI=1S/C17H12ClN3O6/c18-12-2-1-3-14(8-12)25-10-16(22)26-9-15-19-17(20-27-15)11-4-6-13(7-5-11)21(23)24/h1-8H,9-10H2. The number of nitrogens with zero attached hydrogens (tertiary/aromatic N) is 3. The van der Waals surface area contributed by atoms with Gasteiger partial charge in [0.15, 0.2) is 13.2 Å². The van der Waals surface area contributed by atoms with Crippen molar-refractivity contribution < 1.29 is 23.7 Å². The summed E-state index contributed by atoms with van der Waals surface area (Å²) in [5.41, 5.74) is 0.488. The number of nitro groups is 1. The van der Waals surface area contributed by atoms with E-state index < -0.39 is 10.9 Å². The van der Waals surface area contributed by atoms with E-state index in [9.17, 15) is 14.9 Å². The van der Waals surface area contributed by atoms with E-state index in [0.29, 0.717) is 16.3 Å². The molecule has 10 heteroatoms. The lowest BCUT2D eigenvalue weighted by Gasteiger charge is -2.05. The zero-order chi connectivity index (χ0) is 19.2. The number of benzene rings is 2. The number of ether oxygens (including phenoxy) is 2. The van der Waals surface area contributed by atoms with Gasteiger partial charge in [-0.3, -0.25) is 10.1 Å². The fraction of sp³-hybridized carbons (Fsp3) is 0.118. The van der Waals surface area contributed by atoms with Crippen LogP contribution in [0.15, 0.2) is 53.1 Å². The molecule has 0 fully saturated rings. The van der Waals surface area contributed by atoms with Crippen LogP contribution in [-0.2, 0) is 16.1 Å². The molecule has 0 spiro atoms. The number of esters is 1. The van der Waals surface area contributed by atoms with Gasteiger partial charge in [-0.1, -0.05) is 22.8 Å².